The average molecular weight is 550 g/mol. The van der Waals surface area contributed by atoms with Crippen molar-refractivity contribution in [1.29, 1.82) is 0 Å². The molecule has 38 heavy (non-hydrogen) atoms. The highest BCUT2D eigenvalue weighted by molar-refractivity contribution is 7.91. The lowest BCUT2D eigenvalue weighted by atomic mass is 9.93. The summed E-state index contributed by atoms with van der Waals surface area (Å²) in [6.45, 7) is 2.99. The SMILES string of the molecule is Cc1cc(N2CCC(F)(F)CC2)nc(NC(=O)c2ccc(S(=O)(=O)CCO)cc2N2CCC3(CC2)CC3)n1. The van der Waals surface area contributed by atoms with Crippen molar-refractivity contribution in [3.63, 3.8) is 0 Å². The second-order valence-electron chi connectivity index (χ2n) is 10.7. The molecular formula is C26H33F2N5O4S. The van der Waals surface area contributed by atoms with Crippen LogP contribution in [0, 0.1) is 12.3 Å². The second-order valence-corrected chi connectivity index (χ2v) is 12.8. The Kier molecular flexibility index (Phi) is 7.06. The minimum atomic E-state index is -3.71. The number of carbonyl (C=O) groups excluding carboxylic acids is 1. The van der Waals surface area contributed by atoms with Gasteiger partial charge in [0.2, 0.25) is 5.95 Å². The van der Waals surface area contributed by atoms with Crippen molar-refractivity contribution in [3.8, 4) is 0 Å². The van der Waals surface area contributed by atoms with Crippen molar-refractivity contribution in [2.24, 2.45) is 5.41 Å². The number of aryl methyl sites for hydroxylation is 1. The molecular weight excluding hydrogens is 516 g/mol. The highest BCUT2D eigenvalue weighted by Crippen LogP contribution is 2.54. The van der Waals surface area contributed by atoms with Gasteiger partial charge in [0.1, 0.15) is 5.82 Å². The normalized spacial score (nSPS) is 20.4. The van der Waals surface area contributed by atoms with Gasteiger partial charge < -0.3 is 14.9 Å². The van der Waals surface area contributed by atoms with Crippen molar-refractivity contribution in [2.75, 3.05) is 53.7 Å². The van der Waals surface area contributed by atoms with Crippen LogP contribution in [0.5, 0.6) is 0 Å². The van der Waals surface area contributed by atoms with Crippen LogP contribution in [-0.4, -0.2) is 73.9 Å². The number of carbonyl (C=O) groups is 1. The molecule has 1 amide bonds. The quantitative estimate of drug-likeness (QED) is 0.540. The number of amides is 1. The molecule has 3 fully saturated rings. The van der Waals surface area contributed by atoms with Gasteiger partial charge in [-0.3, -0.25) is 10.1 Å². The number of sulfone groups is 1. The smallest absolute Gasteiger partial charge is 0.260 e. The van der Waals surface area contributed by atoms with E-state index in [1.165, 1.54) is 31.0 Å². The fraction of sp³-hybridized carbons (Fsp3) is 0.577. The first-order valence-electron chi connectivity index (χ1n) is 13.0. The van der Waals surface area contributed by atoms with Gasteiger partial charge in [0.25, 0.3) is 11.8 Å². The van der Waals surface area contributed by atoms with Crippen LogP contribution >= 0.6 is 0 Å². The number of aliphatic hydroxyl groups excluding tert-OH is 1. The standard InChI is InChI=1S/C26H33F2N5O4S/c1-18-16-22(33-12-8-26(27,28)9-13-33)30-24(29-18)31-23(35)20-3-2-19(38(36,37)15-14-34)17-21(20)32-10-6-25(4-5-25)7-11-32/h2-3,16-17,34H,4-15H2,1H3,(H,29,30,31,35). The predicted octanol–water partition coefficient (Wildman–Crippen LogP) is 3.42. The lowest BCUT2D eigenvalue weighted by molar-refractivity contribution is -0.0221. The van der Waals surface area contributed by atoms with Crippen LogP contribution in [-0.2, 0) is 9.84 Å². The second kappa shape index (κ2) is 10.0. The van der Waals surface area contributed by atoms with Crippen molar-refractivity contribution < 1.29 is 27.1 Å². The van der Waals surface area contributed by atoms with Gasteiger partial charge in [-0.25, -0.2) is 22.2 Å². The monoisotopic (exact) mass is 549 g/mol. The first-order chi connectivity index (χ1) is 18.0. The van der Waals surface area contributed by atoms with Crippen molar-refractivity contribution >= 4 is 33.2 Å². The van der Waals surface area contributed by atoms with Gasteiger partial charge in [-0.15, -0.1) is 0 Å². The molecule has 5 rings (SSSR count). The van der Waals surface area contributed by atoms with E-state index in [2.05, 4.69) is 15.3 Å². The molecule has 9 nitrogen and oxygen atoms in total. The number of nitrogens with one attached hydrogen (secondary N) is 1. The molecule has 3 heterocycles. The fourth-order valence-electron chi connectivity index (χ4n) is 5.30. The summed E-state index contributed by atoms with van der Waals surface area (Å²) in [6.07, 6.45) is 3.87. The molecule has 0 unspecified atom stereocenters. The third-order valence-corrected chi connectivity index (χ3v) is 9.63. The molecule has 2 saturated heterocycles. The lowest BCUT2D eigenvalue weighted by Crippen LogP contribution is -2.40. The minimum absolute atomic E-state index is 0.0563. The zero-order chi connectivity index (χ0) is 27.1. The molecule has 3 aliphatic rings. The molecule has 0 atom stereocenters. The number of aromatic nitrogens is 2. The summed E-state index contributed by atoms with van der Waals surface area (Å²) < 4.78 is 52.6. The van der Waals surface area contributed by atoms with Crippen LogP contribution in [0.25, 0.3) is 0 Å². The van der Waals surface area contributed by atoms with Crippen LogP contribution in [0.4, 0.5) is 26.2 Å². The van der Waals surface area contributed by atoms with E-state index in [1.807, 2.05) is 4.90 Å². The van der Waals surface area contributed by atoms with Gasteiger partial charge in [-0.05, 0) is 56.2 Å². The Morgan fingerprint density at radius 2 is 1.66 bits per heavy atom. The number of anilines is 3. The summed E-state index contributed by atoms with van der Waals surface area (Å²) >= 11 is 0. The van der Waals surface area contributed by atoms with Gasteiger partial charge in [0.15, 0.2) is 9.84 Å². The number of hydrogen-bond donors (Lipinski definition) is 2. The van der Waals surface area contributed by atoms with E-state index in [4.69, 9.17) is 0 Å². The van der Waals surface area contributed by atoms with Gasteiger partial charge in [-0.2, -0.15) is 4.98 Å². The molecule has 12 heteroatoms. The number of rotatable bonds is 7. The van der Waals surface area contributed by atoms with E-state index in [0.29, 0.717) is 41.3 Å². The maximum absolute atomic E-state index is 13.6. The Bertz CT molecular complexity index is 1310. The number of nitrogens with zero attached hydrogens (tertiary/aromatic N) is 4. The molecule has 1 aromatic heterocycles. The summed E-state index contributed by atoms with van der Waals surface area (Å²) in [5, 5.41) is 11.9. The first-order valence-corrected chi connectivity index (χ1v) is 14.7. The highest BCUT2D eigenvalue weighted by atomic mass is 32.2. The topological polar surface area (TPSA) is 116 Å². The zero-order valence-corrected chi connectivity index (χ0v) is 22.2. The number of halogens is 2. The number of hydrogen-bond acceptors (Lipinski definition) is 8. The van der Waals surface area contributed by atoms with Crippen LogP contribution < -0.4 is 15.1 Å². The zero-order valence-electron chi connectivity index (χ0n) is 21.4. The van der Waals surface area contributed by atoms with E-state index in [0.717, 1.165) is 12.8 Å². The molecule has 2 N–H and O–H groups in total. The molecule has 2 aromatic rings. The van der Waals surface area contributed by atoms with E-state index in [9.17, 15) is 27.1 Å². The van der Waals surface area contributed by atoms with E-state index in [1.54, 1.807) is 17.9 Å². The van der Waals surface area contributed by atoms with Crippen LogP contribution in [0.1, 0.15) is 54.6 Å². The molecule has 1 aliphatic carbocycles. The van der Waals surface area contributed by atoms with E-state index < -0.39 is 34.0 Å². The van der Waals surface area contributed by atoms with E-state index in [-0.39, 0.29) is 36.8 Å². The van der Waals surface area contributed by atoms with Gasteiger partial charge in [0.05, 0.1) is 28.5 Å². The summed E-state index contributed by atoms with van der Waals surface area (Å²) in [5.41, 5.74) is 1.79. The largest absolute Gasteiger partial charge is 0.395 e. The van der Waals surface area contributed by atoms with Gasteiger partial charge >= 0.3 is 0 Å². The summed E-state index contributed by atoms with van der Waals surface area (Å²) in [7, 11) is -3.71. The number of alkyl halides is 2. The molecule has 1 aromatic carbocycles. The van der Waals surface area contributed by atoms with Gasteiger partial charge in [-0.1, -0.05) is 0 Å². The number of aliphatic hydroxyl groups is 1. The summed E-state index contributed by atoms with van der Waals surface area (Å²) in [4.78, 5) is 26.1. The Hall–Kier alpha value is -2.86. The van der Waals surface area contributed by atoms with Crippen LogP contribution in [0.15, 0.2) is 29.2 Å². The minimum Gasteiger partial charge on any atom is -0.395 e. The highest BCUT2D eigenvalue weighted by Gasteiger charge is 2.44. The average Bonchev–Trinajstić information content (AvgIpc) is 3.62. The molecule has 2 aliphatic heterocycles. The first kappa shape index (κ1) is 26.7. The van der Waals surface area contributed by atoms with Crippen molar-refractivity contribution in [3.05, 3.63) is 35.5 Å². The third kappa shape index (κ3) is 5.75. The third-order valence-electron chi connectivity index (χ3n) is 7.94. The molecule has 0 bridgehead atoms. The Balaban J connectivity index is 1.41. The maximum atomic E-state index is 13.6. The predicted molar refractivity (Wildman–Crippen MR) is 140 cm³/mol. The number of benzene rings is 1. The van der Waals surface area contributed by atoms with Crippen LogP contribution in [0.2, 0.25) is 0 Å². The van der Waals surface area contributed by atoms with E-state index >= 15 is 0 Å². The van der Waals surface area contributed by atoms with Crippen LogP contribution in [0.3, 0.4) is 0 Å². The lowest BCUT2D eigenvalue weighted by Gasteiger charge is -2.35. The Morgan fingerprint density at radius 3 is 2.29 bits per heavy atom. The summed E-state index contributed by atoms with van der Waals surface area (Å²) in [5.74, 6) is -3.04. The Morgan fingerprint density at radius 1 is 1.00 bits per heavy atom. The molecule has 1 saturated carbocycles. The maximum Gasteiger partial charge on any atom is 0.260 e. The summed E-state index contributed by atoms with van der Waals surface area (Å²) in [6, 6.07) is 6.08. The molecule has 206 valence electrons. The number of piperidine rings is 2. The van der Waals surface area contributed by atoms with Crippen molar-refractivity contribution in [1.82, 2.24) is 9.97 Å². The van der Waals surface area contributed by atoms with Gasteiger partial charge in [0, 0.05) is 50.8 Å². The Labute approximate surface area is 221 Å². The molecule has 0 radical (unpaired) electrons. The molecule has 1 spiro atoms. The fourth-order valence-corrected chi connectivity index (χ4v) is 6.34. The van der Waals surface area contributed by atoms with Crippen molar-refractivity contribution in [2.45, 2.75) is 56.3 Å².